The van der Waals surface area contributed by atoms with Crippen molar-refractivity contribution < 1.29 is 19.8 Å². The number of rotatable bonds is 0. The standard InChI is InChI=1S/2C2H4O2.Ca.H4Si/c2*1-2(3)4;;/h2*1H3,(H,3,4);;1H4/q;;+2;/p-2. The van der Waals surface area contributed by atoms with Gasteiger partial charge in [0, 0.05) is 11.9 Å². The first-order valence-electron chi connectivity index (χ1n) is 1.82. The van der Waals surface area contributed by atoms with Gasteiger partial charge in [-0.3, -0.25) is 0 Å². The quantitative estimate of drug-likeness (QED) is 0.362. The van der Waals surface area contributed by atoms with Crippen LogP contribution in [0.1, 0.15) is 13.8 Å². The summed E-state index contributed by atoms with van der Waals surface area (Å²) in [5.41, 5.74) is 0. The predicted molar refractivity (Wildman–Crippen MR) is 38.5 cm³/mol. The smallest absolute Gasteiger partial charge is 0.550 e. The van der Waals surface area contributed by atoms with Crippen LogP contribution in [0, 0.1) is 0 Å². The van der Waals surface area contributed by atoms with Crippen molar-refractivity contribution in [2.24, 2.45) is 0 Å². The van der Waals surface area contributed by atoms with Crippen LogP contribution in [0.15, 0.2) is 0 Å². The van der Waals surface area contributed by atoms with Crippen molar-refractivity contribution in [3.05, 3.63) is 0 Å². The first kappa shape index (κ1) is 22.4. The number of carbonyl (C=O) groups is 2. The van der Waals surface area contributed by atoms with Crippen molar-refractivity contribution in [3.8, 4) is 0 Å². The average Bonchev–Trinajstić information content (AvgIpc) is 1.25. The Balaban J connectivity index is -0.0000000300. The minimum Gasteiger partial charge on any atom is -0.550 e. The van der Waals surface area contributed by atoms with Gasteiger partial charge in [0.05, 0.1) is 0 Å². The molecule has 0 spiro atoms. The van der Waals surface area contributed by atoms with Crippen LogP contribution in [0.4, 0.5) is 0 Å². The van der Waals surface area contributed by atoms with Gasteiger partial charge in [-0.25, -0.2) is 0 Å². The summed E-state index contributed by atoms with van der Waals surface area (Å²) in [6, 6.07) is 0. The zero-order valence-corrected chi connectivity index (χ0v) is 7.55. The minimum absolute atomic E-state index is 0. The van der Waals surface area contributed by atoms with E-state index in [1.54, 1.807) is 0 Å². The van der Waals surface area contributed by atoms with Crippen molar-refractivity contribution in [1.82, 2.24) is 0 Å². The zero-order valence-electron chi connectivity index (χ0n) is 5.34. The Bertz CT molecular complexity index is 75.3. The summed E-state index contributed by atoms with van der Waals surface area (Å²) in [6.07, 6.45) is 0. The molecular weight excluding hydrogens is 180 g/mol. The molecule has 10 heavy (non-hydrogen) atoms. The van der Waals surface area contributed by atoms with E-state index in [2.05, 4.69) is 0 Å². The van der Waals surface area contributed by atoms with Crippen LogP contribution < -0.4 is 10.2 Å². The summed E-state index contributed by atoms with van der Waals surface area (Å²) in [7, 11) is 0. The Hall–Kier alpha value is 0.417. The van der Waals surface area contributed by atoms with Crippen LogP contribution in [-0.2, 0) is 9.59 Å². The molecule has 0 aliphatic heterocycles. The molecule has 0 bridgehead atoms. The molecule has 0 saturated heterocycles. The predicted octanol–water partition coefficient (Wildman–Crippen LogP) is -4.32. The first-order chi connectivity index (χ1) is 3.46. The largest absolute Gasteiger partial charge is 2.00 e. The third-order valence-corrected chi connectivity index (χ3v) is 0. The summed E-state index contributed by atoms with van der Waals surface area (Å²) in [4.78, 5) is 17.8. The molecule has 0 aromatic heterocycles. The maximum absolute atomic E-state index is 8.89. The fraction of sp³-hybridized carbons (Fsp3) is 0.500. The van der Waals surface area contributed by atoms with E-state index in [0.717, 1.165) is 13.8 Å². The van der Waals surface area contributed by atoms with Crippen molar-refractivity contribution in [3.63, 3.8) is 0 Å². The molecule has 0 N–H and O–H groups in total. The van der Waals surface area contributed by atoms with Gasteiger partial charge in [0.15, 0.2) is 0 Å². The van der Waals surface area contributed by atoms with Gasteiger partial charge < -0.3 is 19.8 Å². The van der Waals surface area contributed by atoms with Crippen molar-refractivity contribution in [2.45, 2.75) is 13.8 Å². The van der Waals surface area contributed by atoms with E-state index in [1.807, 2.05) is 0 Å². The van der Waals surface area contributed by atoms with E-state index in [-0.39, 0.29) is 48.7 Å². The second-order valence-corrected chi connectivity index (χ2v) is 0.983. The van der Waals surface area contributed by atoms with Crippen LogP contribution in [0.25, 0.3) is 0 Å². The Kier molecular flexibility index (Phi) is 36.3. The summed E-state index contributed by atoms with van der Waals surface area (Å²) in [5, 5.41) is 17.8. The molecule has 0 amide bonds. The topological polar surface area (TPSA) is 80.3 Å². The second kappa shape index (κ2) is 16.2. The monoisotopic (exact) mass is 190 g/mol. The minimum atomic E-state index is -1.08. The molecule has 0 aliphatic carbocycles. The van der Waals surface area contributed by atoms with Crippen LogP contribution in [0.5, 0.6) is 0 Å². The van der Waals surface area contributed by atoms with Crippen LogP contribution in [-0.4, -0.2) is 60.6 Å². The van der Waals surface area contributed by atoms with Crippen molar-refractivity contribution in [2.75, 3.05) is 0 Å². The Labute approximate surface area is 93.6 Å². The molecule has 0 aromatic carbocycles. The number of carbonyl (C=O) groups excluding carboxylic acids is 2. The van der Waals surface area contributed by atoms with Gasteiger partial charge in [0.1, 0.15) is 0 Å². The molecule has 0 rings (SSSR count). The van der Waals surface area contributed by atoms with E-state index < -0.39 is 11.9 Å². The van der Waals surface area contributed by atoms with Crippen LogP contribution in [0.3, 0.4) is 0 Å². The Morgan fingerprint density at radius 3 is 1.00 bits per heavy atom. The fourth-order valence-electron chi connectivity index (χ4n) is 0. The number of carboxylic acid groups (broad SMARTS) is 2. The fourth-order valence-corrected chi connectivity index (χ4v) is 0. The van der Waals surface area contributed by atoms with Gasteiger partial charge >= 0.3 is 37.7 Å². The molecule has 0 unspecified atom stereocenters. The van der Waals surface area contributed by atoms with Gasteiger partial charge in [-0.1, -0.05) is 0 Å². The summed E-state index contributed by atoms with van der Waals surface area (Å²) < 4.78 is 0. The molecule has 0 fully saturated rings. The SMILES string of the molecule is CC(=O)[O-].CC(=O)[O-].[Ca+2].[SiH4]. The van der Waals surface area contributed by atoms with E-state index >= 15 is 0 Å². The maximum atomic E-state index is 8.89. The van der Waals surface area contributed by atoms with E-state index in [0.29, 0.717) is 0 Å². The summed E-state index contributed by atoms with van der Waals surface area (Å²) in [5.74, 6) is -2.17. The molecule has 0 radical (unpaired) electrons. The molecule has 0 atom stereocenters. The van der Waals surface area contributed by atoms with Gasteiger partial charge in [0.25, 0.3) is 0 Å². The Morgan fingerprint density at radius 2 is 1.00 bits per heavy atom. The van der Waals surface area contributed by atoms with Gasteiger partial charge in [0.2, 0.25) is 0 Å². The third-order valence-electron chi connectivity index (χ3n) is 0. The molecule has 0 heterocycles. The Morgan fingerprint density at radius 1 is 1.00 bits per heavy atom. The van der Waals surface area contributed by atoms with Gasteiger partial charge in [-0.15, -0.1) is 0 Å². The summed E-state index contributed by atoms with van der Waals surface area (Å²) in [6.45, 7) is 1.94. The second-order valence-electron chi connectivity index (χ2n) is 0.983. The zero-order chi connectivity index (χ0) is 7.15. The van der Waals surface area contributed by atoms with Gasteiger partial charge in [-0.05, 0) is 24.8 Å². The summed E-state index contributed by atoms with van der Waals surface area (Å²) >= 11 is 0. The van der Waals surface area contributed by atoms with E-state index in [9.17, 15) is 0 Å². The maximum Gasteiger partial charge on any atom is 2.00 e. The molecule has 4 nitrogen and oxygen atoms in total. The van der Waals surface area contributed by atoms with Crippen molar-refractivity contribution >= 4 is 60.6 Å². The number of hydrogen-bond donors (Lipinski definition) is 0. The van der Waals surface area contributed by atoms with Gasteiger partial charge in [-0.2, -0.15) is 0 Å². The molecule has 56 valence electrons. The molecule has 0 saturated carbocycles. The van der Waals surface area contributed by atoms with E-state index in [4.69, 9.17) is 19.8 Å². The van der Waals surface area contributed by atoms with E-state index in [1.165, 1.54) is 0 Å². The number of hydrogen-bond acceptors (Lipinski definition) is 4. The average molecular weight is 190 g/mol. The molecule has 6 heteroatoms. The number of carboxylic acids is 2. The normalized spacial score (nSPS) is 5.00. The van der Waals surface area contributed by atoms with Crippen LogP contribution in [0.2, 0.25) is 0 Å². The number of aliphatic carboxylic acids is 2. The van der Waals surface area contributed by atoms with Crippen LogP contribution >= 0.6 is 0 Å². The first-order valence-corrected chi connectivity index (χ1v) is 1.82. The molecular formula is C4H10CaO4Si. The van der Waals surface area contributed by atoms with Crippen molar-refractivity contribution in [1.29, 1.82) is 0 Å². The molecule has 0 aromatic rings. The molecule has 0 aliphatic rings. The third kappa shape index (κ3) is 2670.